The van der Waals surface area contributed by atoms with Crippen LogP contribution in [-0.2, 0) is 14.8 Å². The number of aliphatic hydroxyl groups is 1. The van der Waals surface area contributed by atoms with E-state index in [1.54, 1.807) is 4.90 Å². The average Bonchev–Trinajstić information content (AvgIpc) is 2.85. The largest absolute Gasteiger partial charge is 0.394 e. The molecule has 0 aromatic carbocycles. The summed E-state index contributed by atoms with van der Waals surface area (Å²) in [6.45, 7) is 1.00. The van der Waals surface area contributed by atoms with Gasteiger partial charge >= 0.3 is 0 Å². The van der Waals surface area contributed by atoms with Gasteiger partial charge in [-0.25, -0.2) is 8.42 Å². The fraction of sp³-hybridized carbons (Fsp3) is 0.917. The maximum absolute atomic E-state index is 12.5. The smallest absolute Gasteiger partial charge is 0.241 e. The van der Waals surface area contributed by atoms with E-state index >= 15 is 0 Å². The van der Waals surface area contributed by atoms with Gasteiger partial charge in [-0.05, 0) is 25.7 Å². The van der Waals surface area contributed by atoms with Gasteiger partial charge in [0.15, 0.2) is 0 Å². The van der Waals surface area contributed by atoms with Gasteiger partial charge in [0.2, 0.25) is 15.9 Å². The molecule has 1 unspecified atom stereocenters. The lowest BCUT2D eigenvalue weighted by Gasteiger charge is -2.36. The third-order valence-electron chi connectivity index (χ3n) is 4.04. The second-order valence-corrected chi connectivity index (χ2v) is 7.33. The number of carbonyl (C=O) groups is 1. The van der Waals surface area contributed by atoms with Gasteiger partial charge in [0.25, 0.3) is 0 Å². The molecule has 2 saturated heterocycles. The molecule has 2 rings (SSSR count). The Morgan fingerprint density at radius 3 is 2.58 bits per heavy atom. The Hall–Kier alpha value is -0.660. The predicted octanol–water partition coefficient (Wildman–Crippen LogP) is -0.216. The fourth-order valence-corrected chi connectivity index (χ4v) is 4.17. The molecule has 0 bridgehead atoms. The van der Waals surface area contributed by atoms with Crippen LogP contribution in [0.5, 0.6) is 0 Å². The van der Waals surface area contributed by atoms with Crippen LogP contribution in [0.3, 0.4) is 0 Å². The van der Waals surface area contributed by atoms with Crippen LogP contribution in [0.4, 0.5) is 0 Å². The molecule has 0 saturated carbocycles. The van der Waals surface area contributed by atoms with E-state index in [4.69, 9.17) is 0 Å². The van der Waals surface area contributed by atoms with Crippen molar-refractivity contribution in [2.45, 2.75) is 44.2 Å². The Labute approximate surface area is 114 Å². The lowest BCUT2D eigenvalue weighted by atomic mass is 10.0. The van der Waals surface area contributed by atoms with Gasteiger partial charge in [0, 0.05) is 13.1 Å². The van der Waals surface area contributed by atoms with Gasteiger partial charge in [0.1, 0.15) is 6.04 Å². The highest BCUT2D eigenvalue weighted by Crippen LogP contribution is 2.25. The second-order valence-electron chi connectivity index (χ2n) is 5.40. The van der Waals surface area contributed by atoms with E-state index in [0.717, 1.165) is 31.9 Å². The van der Waals surface area contributed by atoms with Crippen LogP contribution in [0, 0.1) is 0 Å². The van der Waals surface area contributed by atoms with Crippen molar-refractivity contribution in [3.63, 3.8) is 0 Å². The first-order valence-electron chi connectivity index (χ1n) is 6.83. The van der Waals surface area contributed by atoms with Crippen molar-refractivity contribution in [3.05, 3.63) is 0 Å². The molecule has 0 aromatic rings. The molecule has 0 radical (unpaired) electrons. The minimum atomic E-state index is -3.35. The number of sulfonamides is 1. The Kier molecular flexibility index (Phi) is 4.47. The number of hydrogen-bond acceptors (Lipinski definition) is 4. The summed E-state index contributed by atoms with van der Waals surface area (Å²) in [7, 11) is -3.35. The zero-order valence-corrected chi connectivity index (χ0v) is 12.1. The number of nitrogens with zero attached hydrogens (tertiary/aromatic N) is 2. The van der Waals surface area contributed by atoms with E-state index in [1.807, 2.05) is 0 Å². The standard InChI is InChI=1S/C12H22N2O4S/c1-19(17,18)14-8-3-2-6-11(14)12(16)13-7-4-5-10(13)9-15/h10-11,15H,2-9H2,1H3/t10-,11?/m1/s1. The molecular formula is C12H22N2O4S. The molecule has 0 aromatic heterocycles. The third-order valence-corrected chi connectivity index (χ3v) is 5.32. The van der Waals surface area contributed by atoms with Crippen molar-refractivity contribution in [3.8, 4) is 0 Å². The number of amides is 1. The van der Waals surface area contributed by atoms with Gasteiger partial charge in [-0.15, -0.1) is 0 Å². The van der Waals surface area contributed by atoms with Crippen molar-refractivity contribution >= 4 is 15.9 Å². The van der Waals surface area contributed by atoms with Crippen molar-refractivity contribution in [2.75, 3.05) is 26.0 Å². The lowest BCUT2D eigenvalue weighted by Crippen LogP contribution is -2.54. The molecule has 6 nitrogen and oxygen atoms in total. The van der Waals surface area contributed by atoms with Gasteiger partial charge < -0.3 is 10.0 Å². The number of piperidine rings is 1. The summed E-state index contributed by atoms with van der Waals surface area (Å²) in [5, 5.41) is 9.28. The average molecular weight is 290 g/mol. The highest BCUT2D eigenvalue weighted by atomic mass is 32.2. The summed E-state index contributed by atoms with van der Waals surface area (Å²) in [4.78, 5) is 14.2. The maximum atomic E-state index is 12.5. The first-order valence-corrected chi connectivity index (χ1v) is 8.68. The fourth-order valence-electron chi connectivity index (χ4n) is 3.06. The van der Waals surface area contributed by atoms with Crippen LogP contribution < -0.4 is 0 Å². The van der Waals surface area contributed by atoms with Gasteiger partial charge in [-0.2, -0.15) is 4.31 Å². The molecule has 19 heavy (non-hydrogen) atoms. The number of aliphatic hydroxyl groups excluding tert-OH is 1. The van der Waals surface area contributed by atoms with Crippen LogP contribution in [0.25, 0.3) is 0 Å². The summed E-state index contributed by atoms with van der Waals surface area (Å²) < 4.78 is 24.9. The molecule has 2 fully saturated rings. The van der Waals surface area contributed by atoms with Crippen molar-refractivity contribution in [1.82, 2.24) is 9.21 Å². The molecule has 110 valence electrons. The molecule has 7 heteroatoms. The summed E-state index contributed by atoms with van der Waals surface area (Å²) in [6, 6.07) is -0.716. The topological polar surface area (TPSA) is 77.9 Å². The Bertz CT molecular complexity index is 437. The Balaban J connectivity index is 2.16. The first kappa shape index (κ1) is 14.7. The van der Waals surface area contributed by atoms with E-state index in [2.05, 4.69) is 0 Å². The van der Waals surface area contributed by atoms with Crippen molar-refractivity contribution in [2.24, 2.45) is 0 Å². The normalized spacial score (nSPS) is 29.7. The first-order chi connectivity index (χ1) is 8.95. The highest BCUT2D eigenvalue weighted by Gasteiger charge is 2.39. The van der Waals surface area contributed by atoms with Gasteiger partial charge in [-0.3, -0.25) is 4.79 Å². The Morgan fingerprint density at radius 1 is 1.21 bits per heavy atom. The minimum Gasteiger partial charge on any atom is -0.394 e. The molecule has 2 atom stereocenters. The number of carbonyl (C=O) groups excluding carboxylic acids is 1. The summed E-state index contributed by atoms with van der Waals surface area (Å²) in [6.07, 6.45) is 5.10. The van der Waals surface area contributed by atoms with E-state index in [-0.39, 0.29) is 18.6 Å². The molecule has 2 aliphatic heterocycles. The molecule has 0 aliphatic carbocycles. The van der Waals surface area contributed by atoms with Crippen LogP contribution >= 0.6 is 0 Å². The van der Waals surface area contributed by atoms with Crippen LogP contribution in [0.2, 0.25) is 0 Å². The molecule has 2 aliphatic rings. The van der Waals surface area contributed by atoms with Crippen LogP contribution in [0.15, 0.2) is 0 Å². The van der Waals surface area contributed by atoms with Crippen molar-refractivity contribution < 1.29 is 18.3 Å². The summed E-state index contributed by atoms with van der Waals surface area (Å²) >= 11 is 0. The summed E-state index contributed by atoms with van der Waals surface area (Å²) in [5.41, 5.74) is 0. The zero-order chi connectivity index (χ0) is 14.0. The predicted molar refractivity (Wildman–Crippen MR) is 71.0 cm³/mol. The number of hydrogen-bond donors (Lipinski definition) is 1. The molecule has 0 spiro atoms. The van der Waals surface area contributed by atoms with Gasteiger partial charge in [-0.1, -0.05) is 6.42 Å². The second kappa shape index (κ2) is 5.76. The monoisotopic (exact) mass is 290 g/mol. The third kappa shape index (κ3) is 3.09. The van der Waals surface area contributed by atoms with E-state index in [9.17, 15) is 18.3 Å². The number of likely N-dealkylation sites (tertiary alicyclic amines) is 1. The van der Waals surface area contributed by atoms with Crippen LogP contribution in [-0.4, -0.2) is 66.7 Å². The molecular weight excluding hydrogens is 268 g/mol. The zero-order valence-electron chi connectivity index (χ0n) is 11.3. The lowest BCUT2D eigenvalue weighted by molar-refractivity contribution is -0.137. The summed E-state index contributed by atoms with van der Waals surface area (Å²) in [5.74, 6) is -0.137. The highest BCUT2D eigenvalue weighted by molar-refractivity contribution is 7.88. The van der Waals surface area contributed by atoms with Crippen molar-refractivity contribution in [1.29, 1.82) is 0 Å². The molecule has 2 heterocycles. The minimum absolute atomic E-state index is 0.0443. The van der Waals surface area contributed by atoms with E-state index in [1.165, 1.54) is 4.31 Å². The Morgan fingerprint density at radius 2 is 1.95 bits per heavy atom. The molecule has 1 N–H and O–H groups in total. The quantitative estimate of drug-likeness (QED) is 0.780. The van der Waals surface area contributed by atoms with E-state index in [0.29, 0.717) is 19.5 Å². The number of rotatable bonds is 3. The van der Waals surface area contributed by atoms with Gasteiger partial charge in [0.05, 0.1) is 18.9 Å². The SMILES string of the molecule is CS(=O)(=O)N1CCCCC1C(=O)N1CCC[C@@H]1CO. The van der Waals surface area contributed by atoms with E-state index < -0.39 is 16.1 Å². The van der Waals surface area contributed by atoms with Crippen LogP contribution in [0.1, 0.15) is 32.1 Å². The molecule has 1 amide bonds. The maximum Gasteiger partial charge on any atom is 0.241 e.